The summed E-state index contributed by atoms with van der Waals surface area (Å²) < 4.78 is 13.5. The molecule has 0 aromatic heterocycles. The van der Waals surface area contributed by atoms with Crippen LogP contribution in [0.1, 0.15) is 20.7 Å². The Balaban J connectivity index is 2.26. The zero-order valence-corrected chi connectivity index (χ0v) is 14.9. The van der Waals surface area contributed by atoms with Gasteiger partial charge in [0.1, 0.15) is 5.82 Å². The first-order valence-electron chi connectivity index (χ1n) is 6.67. The zero-order valence-electron chi connectivity index (χ0n) is 12.7. The third-order valence-electron chi connectivity index (χ3n) is 3.12. The Bertz CT molecular complexity index is 825. The van der Waals surface area contributed by atoms with Crippen molar-refractivity contribution in [3.8, 4) is 0 Å². The van der Waals surface area contributed by atoms with Gasteiger partial charge in [-0.2, -0.15) is 0 Å². The van der Waals surface area contributed by atoms with Crippen molar-refractivity contribution in [1.82, 2.24) is 4.90 Å². The van der Waals surface area contributed by atoms with Crippen LogP contribution in [0.2, 0.25) is 15.1 Å². The average Bonchev–Trinajstić information content (AvgIpc) is 2.50. The molecule has 2 aromatic carbocycles. The number of carbonyl (C=O) groups excluding carboxylic acids is 2. The lowest BCUT2D eigenvalue weighted by Crippen LogP contribution is -2.22. The average molecular weight is 390 g/mol. The van der Waals surface area contributed by atoms with Gasteiger partial charge in [0, 0.05) is 19.8 Å². The minimum atomic E-state index is -0.754. The maximum Gasteiger partial charge on any atom is 0.257 e. The van der Waals surface area contributed by atoms with Gasteiger partial charge < -0.3 is 10.2 Å². The Morgan fingerprint density at radius 2 is 1.58 bits per heavy atom. The van der Waals surface area contributed by atoms with Crippen molar-refractivity contribution < 1.29 is 14.0 Å². The highest BCUT2D eigenvalue weighted by atomic mass is 35.5. The van der Waals surface area contributed by atoms with E-state index in [0.29, 0.717) is 11.3 Å². The second-order valence-electron chi connectivity index (χ2n) is 5.09. The van der Waals surface area contributed by atoms with Crippen molar-refractivity contribution >= 4 is 52.3 Å². The number of nitrogens with zero attached hydrogens (tertiary/aromatic N) is 1. The number of hydrogen-bond acceptors (Lipinski definition) is 2. The molecule has 0 aliphatic carbocycles. The van der Waals surface area contributed by atoms with E-state index in [2.05, 4.69) is 5.32 Å². The molecule has 4 nitrogen and oxygen atoms in total. The molecule has 0 aliphatic heterocycles. The molecule has 0 spiro atoms. The molecular formula is C16H12Cl3FN2O2. The maximum absolute atomic E-state index is 13.5. The van der Waals surface area contributed by atoms with Crippen LogP contribution >= 0.6 is 34.8 Å². The molecule has 0 radical (unpaired) electrons. The molecule has 0 fully saturated rings. The van der Waals surface area contributed by atoms with E-state index >= 15 is 0 Å². The summed E-state index contributed by atoms with van der Waals surface area (Å²) in [5.41, 5.74) is 0.574. The SMILES string of the molecule is CN(C)C(=O)c1ccc(NC(=O)c2cc(F)c(Cl)cc2Cl)cc1Cl. The number of rotatable bonds is 3. The summed E-state index contributed by atoms with van der Waals surface area (Å²) in [6.45, 7) is 0. The minimum absolute atomic E-state index is 0.0180. The Hall–Kier alpha value is -1.82. The van der Waals surface area contributed by atoms with Crippen LogP contribution in [-0.2, 0) is 0 Å². The highest BCUT2D eigenvalue weighted by molar-refractivity contribution is 6.37. The number of benzene rings is 2. The zero-order chi connectivity index (χ0) is 18.0. The lowest BCUT2D eigenvalue weighted by atomic mass is 10.1. The molecule has 1 N–H and O–H groups in total. The quantitative estimate of drug-likeness (QED) is 0.771. The first-order chi connectivity index (χ1) is 11.2. The smallest absolute Gasteiger partial charge is 0.257 e. The lowest BCUT2D eigenvalue weighted by molar-refractivity contribution is 0.0827. The van der Waals surface area contributed by atoms with Gasteiger partial charge in [0.05, 0.1) is 26.2 Å². The molecule has 2 amide bonds. The summed E-state index contributed by atoms with van der Waals surface area (Å²) in [4.78, 5) is 25.5. The highest BCUT2D eigenvalue weighted by Crippen LogP contribution is 2.26. The van der Waals surface area contributed by atoms with Crippen LogP contribution in [0.3, 0.4) is 0 Å². The van der Waals surface area contributed by atoms with Gasteiger partial charge >= 0.3 is 0 Å². The van der Waals surface area contributed by atoms with Crippen LogP contribution in [0.5, 0.6) is 0 Å². The van der Waals surface area contributed by atoms with Crippen LogP contribution in [0.15, 0.2) is 30.3 Å². The van der Waals surface area contributed by atoms with E-state index < -0.39 is 11.7 Å². The van der Waals surface area contributed by atoms with Crippen molar-refractivity contribution in [3.63, 3.8) is 0 Å². The molecule has 0 saturated carbocycles. The maximum atomic E-state index is 13.5. The third kappa shape index (κ3) is 3.98. The Morgan fingerprint density at radius 1 is 0.958 bits per heavy atom. The topological polar surface area (TPSA) is 49.4 Å². The number of nitrogens with one attached hydrogen (secondary N) is 1. The summed E-state index contributed by atoms with van der Waals surface area (Å²) in [5, 5.41) is 2.56. The first kappa shape index (κ1) is 18.5. The fourth-order valence-electron chi connectivity index (χ4n) is 1.90. The van der Waals surface area contributed by atoms with Crippen molar-refractivity contribution in [2.75, 3.05) is 19.4 Å². The molecule has 126 valence electrons. The predicted molar refractivity (Wildman–Crippen MR) is 93.8 cm³/mol. The van der Waals surface area contributed by atoms with Crippen molar-refractivity contribution in [1.29, 1.82) is 0 Å². The van der Waals surface area contributed by atoms with Crippen molar-refractivity contribution in [3.05, 3.63) is 62.3 Å². The van der Waals surface area contributed by atoms with Gasteiger partial charge in [-0.3, -0.25) is 9.59 Å². The van der Waals surface area contributed by atoms with E-state index in [9.17, 15) is 14.0 Å². The monoisotopic (exact) mass is 388 g/mol. The van der Waals surface area contributed by atoms with Crippen molar-refractivity contribution in [2.24, 2.45) is 0 Å². The standard InChI is InChI=1S/C16H12Cl3FN2O2/c1-22(2)16(24)9-4-3-8(5-11(9)17)21-15(23)10-6-14(20)13(19)7-12(10)18/h3-7H,1-2H3,(H,21,23). The van der Waals surface area contributed by atoms with Gasteiger partial charge in [-0.15, -0.1) is 0 Å². The molecule has 8 heteroatoms. The Kier molecular flexibility index (Phi) is 5.70. The molecule has 2 aromatic rings. The van der Waals surface area contributed by atoms with Gasteiger partial charge in [0.2, 0.25) is 0 Å². The van der Waals surface area contributed by atoms with Gasteiger partial charge in [-0.1, -0.05) is 34.8 Å². The lowest BCUT2D eigenvalue weighted by Gasteiger charge is -2.13. The molecule has 0 atom stereocenters. The summed E-state index contributed by atoms with van der Waals surface area (Å²) >= 11 is 17.6. The molecule has 0 bridgehead atoms. The molecule has 0 unspecified atom stereocenters. The summed E-state index contributed by atoms with van der Waals surface area (Å²) in [7, 11) is 3.21. The van der Waals surface area contributed by atoms with E-state index in [1.165, 1.54) is 23.1 Å². The second kappa shape index (κ2) is 7.38. The molecule has 0 heterocycles. The number of anilines is 1. The Morgan fingerprint density at radius 3 is 2.17 bits per heavy atom. The fraction of sp³-hybridized carbons (Fsp3) is 0.125. The first-order valence-corrected chi connectivity index (χ1v) is 7.81. The minimum Gasteiger partial charge on any atom is -0.345 e. The van der Waals surface area contributed by atoms with E-state index in [0.717, 1.165) is 12.1 Å². The number of carbonyl (C=O) groups is 2. The molecule has 2 rings (SSSR count). The molecule has 0 saturated heterocycles. The molecular weight excluding hydrogens is 378 g/mol. The van der Waals surface area contributed by atoms with Crippen molar-refractivity contribution in [2.45, 2.75) is 0 Å². The van der Waals surface area contributed by atoms with Gasteiger partial charge in [0.25, 0.3) is 11.8 Å². The second-order valence-corrected chi connectivity index (χ2v) is 6.32. The van der Waals surface area contributed by atoms with Crippen LogP contribution in [0.25, 0.3) is 0 Å². The van der Waals surface area contributed by atoms with Gasteiger partial charge in [-0.25, -0.2) is 4.39 Å². The fourth-order valence-corrected chi connectivity index (χ4v) is 2.63. The van der Waals surface area contributed by atoms with E-state index in [1.54, 1.807) is 14.1 Å². The van der Waals surface area contributed by atoms with Gasteiger partial charge in [-0.05, 0) is 30.3 Å². The van der Waals surface area contributed by atoms with Crippen LogP contribution in [0.4, 0.5) is 10.1 Å². The summed E-state index contributed by atoms with van der Waals surface area (Å²) in [6.07, 6.45) is 0. The third-order valence-corrected chi connectivity index (χ3v) is 4.03. The number of halogens is 4. The number of hydrogen-bond donors (Lipinski definition) is 1. The summed E-state index contributed by atoms with van der Waals surface area (Å²) in [5.74, 6) is -1.64. The van der Waals surface area contributed by atoms with Crippen LogP contribution in [0, 0.1) is 5.82 Å². The van der Waals surface area contributed by atoms with Crippen LogP contribution in [-0.4, -0.2) is 30.8 Å². The van der Waals surface area contributed by atoms with Gasteiger partial charge in [0.15, 0.2) is 0 Å². The Labute approximate surface area is 153 Å². The van der Waals surface area contributed by atoms with Crippen LogP contribution < -0.4 is 5.32 Å². The highest BCUT2D eigenvalue weighted by Gasteiger charge is 2.16. The van der Waals surface area contributed by atoms with E-state index in [-0.39, 0.29) is 26.5 Å². The van der Waals surface area contributed by atoms with E-state index in [1.807, 2.05) is 0 Å². The van der Waals surface area contributed by atoms with E-state index in [4.69, 9.17) is 34.8 Å². The molecule has 0 aliphatic rings. The predicted octanol–water partition coefficient (Wildman–Crippen LogP) is 4.74. The number of amides is 2. The largest absolute Gasteiger partial charge is 0.345 e. The normalized spacial score (nSPS) is 10.4. The summed E-state index contributed by atoms with van der Waals surface area (Å²) in [6, 6.07) is 6.53. The molecule has 24 heavy (non-hydrogen) atoms.